The molecule has 110 valence electrons. The predicted molar refractivity (Wildman–Crippen MR) is 84.3 cm³/mol. The van der Waals surface area contributed by atoms with E-state index in [9.17, 15) is 0 Å². The third-order valence-electron chi connectivity index (χ3n) is 3.69. The zero-order valence-electron chi connectivity index (χ0n) is 12.0. The van der Waals surface area contributed by atoms with Crippen LogP contribution in [0.3, 0.4) is 0 Å². The molecule has 22 heavy (non-hydrogen) atoms. The number of ether oxygens (including phenoxy) is 2. The van der Waals surface area contributed by atoms with E-state index in [1.807, 2.05) is 54.6 Å². The van der Waals surface area contributed by atoms with Crippen molar-refractivity contribution in [1.29, 1.82) is 0 Å². The fraction of sp³-hybridized carbons (Fsp3) is 0.118. The molecule has 0 saturated carbocycles. The molecule has 0 spiro atoms. The lowest BCUT2D eigenvalue weighted by Crippen LogP contribution is -2.45. The molecule has 0 fully saturated rings. The Morgan fingerprint density at radius 3 is 2.73 bits per heavy atom. The van der Waals surface area contributed by atoms with Crippen LogP contribution in [0.15, 0.2) is 65.4 Å². The van der Waals surface area contributed by atoms with Gasteiger partial charge in [-0.1, -0.05) is 24.3 Å². The number of nitrogens with one attached hydrogen (secondary N) is 2. The van der Waals surface area contributed by atoms with E-state index in [0.29, 0.717) is 5.84 Å². The quantitative estimate of drug-likeness (QED) is 0.894. The zero-order valence-corrected chi connectivity index (χ0v) is 12.0. The minimum atomic E-state index is 0.00474. The minimum absolute atomic E-state index is 0.00474. The first-order chi connectivity index (χ1) is 10.8. The Labute approximate surface area is 128 Å². The van der Waals surface area contributed by atoms with Gasteiger partial charge in [-0.15, -0.1) is 0 Å². The summed E-state index contributed by atoms with van der Waals surface area (Å²) in [6.45, 7) is 0. The number of benzene rings is 2. The number of hydrazine groups is 1. The number of nitrogens with zero attached hydrogens (tertiary/aromatic N) is 1. The summed E-state index contributed by atoms with van der Waals surface area (Å²) in [6, 6.07) is 15.7. The van der Waals surface area contributed by atoms with E-state index >= 15 is 0 Å². The first-order valence-electron chi connectivity index (χ1n) is 7.07. The van der Waals surface area contributed by atoms with Crippen LogP contribution >= 0.6 is 0 Å². The van der Waals surface area contributed by atoms with Crippen LogP contribution in [0.4, 0.5) is 5.69 Å². The highest BCUT2D eigenvalue weighted by Gasteiger charge is 2.25. The standard InChI is InChI=1S/C17H15N3O2/c1-21-12-8-6-11(7-9-12)14-10-16-17(20-19-14)18-13-4-2-3-5-15(13)22-16/h2-10,14,19H,1H3,(H,18,20). The van der Waals surface area contributed by atoms with Crippen molar-refractivity contribution in [2.45, 2.75) is 6.04 Å². The lowest BCUT2D eigenvalue weighted by Gasteiger charge is -2.28. The van der Waals surface area contributed by atoms with Gasteiger partial charge < -0.3 is 14.9 Å². The first kappa shape index (κ1) is 12.9. The fourth-order valence-electron chi connectivity index (χ4n) is 2.51. The Hall–Kier alpha value is -2.79. The van der Waals surface area contributed by atoms with Crippen molar-refractivity contribution in [1.82, 2.24) is 10.9 Å². The van der Waals surface area contributed by atoms with E-state index in [1.54, 1.807) is 7.11 Å². The normalized spacial score (nSPS) is 18.9. The van der Waals surface area contributed by atoms with Crippen molar-refractivity contribution < 1.29 is 9.47 Å². The summed E-state index contributed by atoms with van der Waals surface area (Å²) >= 11 is 0. The van der Waals surface area contributed by atoms with Crippen LogP contribution in [-0.2, 0) is 0 Å². The van der Waals surface area contributed by atoms with Crippen molar-refractivity contribution in [2.75, 3.05) is 7.11 Å². The molecule has 0 radical (unpaired) electrons. The number of para-hydroxylation sites is 2. The molecular formula is C17H15N3O2. The van der Waals surface area contributed by atoms with Crippen molar-refractivity contribution >= 4 is 11.5 Å². The van der Waals surface area contributed by atoms with Gasteiger partial charge in [0.25, 0.3) is 0 Å². The maximum Gasteiger partial charge on any atom is 0.184 e. The largest absolute Gasteiger partial charge is 0.497 e. The molecule has 5 nitrogen and oxygen atoms in total. The molecule has 1 unspecified atom stereocenters. The van der Waals surface area contributed by atoms with Gasteiger partial charge in [-0.3, -0.25) is 0 Å². The van der Waals surface area contributed by atoms with Crippen molar-refractivity contribution in [3.05, 3.63) is 65.9 Å². The van der Waals surface area contributed by atoms with Crippen molar-refractivity contribution in [3.63, 3.8) is 0 Å². The highest BCUT2D eigenvalue weighted by Crippen LogP contribution is 2.34. The monoisotopic (exact) mass is 293 g/mol. The number of hydrogen-bond donors (Lipinski definition) is 2. The number of fused-ring (bicyclic) bond motifs is 2. The highest BCUT2D eigenvalue weighted by molar-refractivity contribution is 6.00. The van der Waals surface area contributed by atoms with E-state index in [1.165, 1.54) is 0 Å². The summed E-state index contributed by atoms with van der Waals surface area (Å²) < 4.78 is 11.1. The number of aliphatic imine (C=N–C) groups is 1. The lowest BCUT2D eigenvalue weighted by atomic mass is 10.0. The molecule has 2 aliphatic heterocycles. The van der Waals surface area contributed by atoms with Gasteiger partial charge in [-0.25, -0.2) is 10.4 Å². The van der Waals surface area contributed by atoms with E-state index in [-0.39, 0.29) is 6.04 Å². The first-order valence-corrected chi connectivity index (χ1v) is 7.07. The molecule has 2 aromatic rings. The third-order valence-corrected chi connectivity index (χ3v) is 3.69. The molecule has 0 amide bonds. The maximum atomic E-state index is 5.94. The smallest absolute Gasteiger partial charge is 0.184 e. The summed E-state index contributed by atoms with van der Waals surface area (Å²) in [6.07, 6.45) is 2.02. The van der Waals surface area contributed by atoms with E-state index in [2.05, 4.69) is 15.8 Å². The van der Waals surface area contributed by atoms with E-state index in [4.69, 9.17) is 9.47 Å². The van der Waals surface area contributed by atoms with Gasteiger partial charge in [0, 0.05) is 0 Å². The van der Waals surface area contributed by atoms with Gasteiger partial charge in [-0.05, 0) is 35.9 Å². The Morgan fingerprint density at radius 1 is 1.09 bits per heavy atom. The van der Waals surface area contributed by atoms with Crippen LogP contribution in [0.25, 0.3) is 0 Å². The number of methoxy groups -OCH3 is 1. The Kier molecular flexibility index (Phi) is 3.05. The second-order valence-electron chi connectivity index (χ2n) is 5.08. The molecule has 0 aromatic heterocycles. The molecule has 2 aromatic carbocycles. The summed E-state index contributed by atoms with van der Waals surface area (Å²) in [5, 5.41) is 0. The summed E-state index contributed by atoms with van der Waals surface area (Å²) in [4.78, 5) is 4.55. The van der Waals surface area contributed by atoms with E-state index in [0.717, 1.165) is 28.5 Å². The second kappa shape index (κ2) is 5.20. The van der Waals surface area contributed by atoms with Gasteiger partial charge >= 0.3 is 0 Å². The number of hydrogen-bond acceptors (Lipinski definition) is 5. The average Bonchev–Trinajstić information content (AvgIpc) is 2.59. The molecule has 4 rings (SSSR count). The van der Waals surface area contributed by atoms with Crippen LogP contribution in [0.2, 0.25) is 0 Å². The molecule has 0 bridgehead atoms. The molecule has 2 heterocycles. The summed E-state index contributed by atoms with van der Waals surface area (Å²) in [5.41, 5.74) is 8.28. The van der Waals surface area contributed by atoms with Crippen LogP contribution in [0, 0.1) is 0 Å². The van der Waals surface area contributed by atoms with Crippen LogP contribution < -0.4 is 20.3 Å². The van der Waals surface area contributed by atoms with Gasteiger partial charge in [0.05, 0.1) is 13.2 Å². The predicted octanol–water partition coefficient (Wildman–Crippen LogP) is 2.85. The van der Waals surface area contributed by atoms with Gasteiger partial charge in [0.1, 0.15) is 11.4 Å². The number of amidine groups is 1. The van der Waals surface area contributed by atoms with Gasteiger partial charge in [0.15, 0.2) is 17.3 Å². The summed E-state index contributed by atoms with van der Waals surface area (Å²) in [5.74, 6) is 3.04. The molecule has 2 aliphatic rings. The van der Waals surface area contributed by atoms with Crippen LogP contribution in [-0.4, -0.2) is 12.9 Å². The highest BCUT2D eigenvalue weighted by atomic mass is 16.5. The SMILES string of the molecule is COc1ccc(C2C=C3Oc4ccccc4N=C3NN2)cc1. The zero-order chi connectivity index (χ0) is 14.9. The molecule has 0 saturated heterocycles. The van der Waals surface area contributed by atoms with Crippen LogP contribution in [0.1, 0.15) is 11.6 Å². The topological polar surface area (TPSA) is 54.9 Å². The molecule has 1 atom stereocenters. The lowest BCUT2D eigenvalue weighted by molar-refractivity contribution is 0.412. The summed E-state index contributed by atoms with van der Waals surface area (Å²) in [7, 11) is 1.66. The average molecular weight is 293 g/mol. The van der Waals surface area contributed by atoms with Gasteiger partial charge in [-0.2, -0.15) is 0 Å². The maximum absolute atomic E-state index is 5.94. The third kappa shape index (κ3) is 2.21. The van der Waals surface area contributed by atoms with E-state index < -0.39 is 0 Å². The second-order valence-corrected chi connectivity index (χ2v) is 5.08. The Bertz CT molecular complexity index is 766. The number of rotatable bonds is 2. The van der Waals surface area contributed by atoms with Gasteiger partial charge in [0.2, 0.25) is 0 Å². The van der Waals surface area contributed by atoms with Crippen LogP contribution in [0.5, 0.6) is 11.5 Å². The van der Waals surface area contributed by atoms with Crippen molar-refractivity contribution in [2.24, 2.45) is 4.99 Å². The minimum Gasteiger partial charge on any atom is -0.497 e. The molecule has 2 N–H and O–H groups in total. The Morgan fingerprint density at radius 2 is 1.91 bits per heavy atom. The molecule has 5 heteroatoms. The molecule has 0 aliphatic carbocycles. The Balaban J connectivity index is 1.65. The fourth-order valence-corrected chi connectivity index (χ4v) is 2.51. The van der Waals surface area contributed by atoms with Crippen molar-refractivity contribution in [3.8, 4) is 11.5 Å². The molecular weight excluding hydrogens is 278 g/mol.